The number of amides is 3. The Hall–Kier alpha value is -2.84. The van der Waals surface area contributed by atoms with Crippen LogP contribution >= 0.6 is 0 Å². The average Bonchev–Trinajstić information content (AvgIpc) is 3.21. The Labute approximate surface area is 145 Å². The number of carbonyl (C=O) groups excluding carboxylic acids is 2. The van der Waals surface area contributed by atoms with E-state index in [0.717, 1.165) is 12.8 Å². The minimum atomic E-state index is -0.175. The molecule has 9 heteroatoms. The number of aromatic nitrogens is 3. The van der Waals surface area contributed by atoms with E-state index in [1.54, 1.807) is 42.0 Å². The van der Waals surface area contributed by atoms with Gasteiger partial charge >= 0.3 is 6.03 Å². The van der Waals surface area contributed by atoms with Crippen molar-refractivity contribution in [1.82, 2.24) is 25.2 Å². The maximum atomic E-state index is 12.2. The molecule has 134 valence electrons. The zero-order valence-electron chi connectivity index (χ0n) is 14.4. The maximum Gasteiger partial charge on any atom is 0.323 e. The molecule has 0 aromatic carbocycles. The Balaban J connectivity index is 1.41. The third-order valence-electron chi connectivity index (χ3n) is 4.28. The number of hydrogen-bond donors (Lipinski definition) is 2. The first-order valence-electron chi connectivity index (χ1n) is 8.27. The van der Waals surface area contributed by atoms with Crippen LogP contribution in [0.15, 0.2) is 23.0 Å². The van der Waals surface area contributed by atoms with Crippen LogP contribution in [0.5, 0.6) is 0 Å². The number of carbonyl (C=O) groups is 2. The highest BCUT2D eigenvalue weighted by Gasteiger charge is 2.24. The zero-order chi connectivity index (χ0) is 17.8. The summed E-state index contributed by atoms with van der Waals surface area (Å²) in [4.78, 5) is 26.0. The highest BCUT2D eigenvalue weighted by Crippen LogP contribution is 2.18. The molecule has 0 atom stereocenters. The highest BCUT2D eigenvalue weighted by molar-refractivity contribution is 5.93. The number of nitrogens with zero attached hydrogens (tertiary/aromatic N) is 4. The van der Waals surface area contributed by atoms with Crippen molar-refractivity contribution >= 4 is 17.8 Å². The SMILES string of the molecule is Cc1cc(NC(=O)N2CCC(CNC(=O)c3cnn(C)c3)CC2)no1. The second-order valence-corrected chi connectivity index (χ2v) is 6.30. The van der Waals surface area contributed by atoms with E-state index < -0.39 is 0 Å². The van der Waals surface area contributed by atoms with Gasteiger partial charge in [0.25, 0.3) is 5.91 Å². The summed E-state index contributed by atoms with van der Waals surface area (Å²) in [5.74, 6) is 1.32. The minimum Gasteiger partial charge on any atom is -0.360 e. The first-order chi connectivity index (χ1) is 12.0. The number of anilines is 1. The van der Waals surface area contributed by atoms with Gasteiger partial charge in [-0.2, -0.15) is 5.10 Å². The quantitative estimate of drug-likeness (QED) is 0.870. The molecule has 2 aromatic heterocycles. The molecule has 0 bridgehead atoms. The molecule has 1 aliphatic rings. The number of hydrogen-bond acceptors (Lipinski definition) is 5. The molecule has 0 aliphatic carbocycles. The van der Waals surface area contributed by atoms with Crippen LogP contribution in [0, 0.1) is 12.8 Å². The molecule has 1 fully saturated rings. The fourth-order valence-electron chi connectivity index (χ4n) is 2.83. The predicted octanol–water partition coefficient (Wildman–Crippen LogP) is 1.39. The molecule has 0 radical (unpaired) electrons. The summed E-state index contributed by atoms with van der Waals surface area (Å²) in [6.45, 7) is 3.67. The van der Waals surface area contributed by atoms with E-state index in [9.17, 15) is 9.59 Å². The van der Waals surface area contributed by atoms with Crippen LogP contribution in [-0.2, 0) is 7.05 Å². The molecular formula is C16H22N6O3. The number of rotatable bonds is 4. The Kier molecular flexibility index (Phi) is 5.01. The van der Waals surface area contributed by atoms with Gasteiger partial charge in [0.05, 0.1) is 11.8 Å². The van der Waals surface area contributed by atoms with Gasteiger partial charge in [0, 0.05) is 38.9 Å². The summed E-state index contributed by atoms with van der Waals surface area (Å²) >= 11 is 0. The maximum absolute atomic E-state index is 12.2. The highest BCUT2D eigenvalue weighted by atomic mass is 16.5. The molecule has 0 unspecified atom stereocenters. The molecule has 0 spiro atoms. The van der Waals surface area contributed by atoms with E-state index in [-0.39, 0.29) is 11.9 Å². The summed E-state index contributed by atoms with van der Waals surface area (Å²) in [5.41, 5.74) is 0.558. The van der Waals surface area contributed by atoms with Crippen LogP contribution in [-0.4, -0.2) is 51.4 Å². The normalized spacial score (nSPS) is 15.2. The van der Waals surface area contributed by atoms with Gasteiger partial charge in [0.2, 0.25) is 0 Å². The molecule has 3 amide bonds. The first-order valence-corrected chi connectivity index (χ1v) is 8.27. The Bertz CT molecular complexity index is 745. The third-order valence-corrected chi connectivity index (χ3v) is 4.28. The van der Waals surface area contributed by atoms with E-state index in [1.165, 1.54) is 0 Å². The van der Waals surface area contributed by atoms with Gasteiger partial charge in [-0.1, -0.05) is 5.16 Å². The van der Waals surface area contributed by atoms with Crippen LogP contribution in [0.4, 0.5) is 10.6 Å². The first kappa shape index (κ1) is 17.0. The van der Waals surface area contributed by atoms with E-state index in [1.807, 2.05) is 0 Å². The minimum absolute atomic E-state index is 0.116. The zero-order valence-corrected chi connectivity index (χ0v) is 14.4. The molecule has 1 aliphatic heterocycles. The van der Waals surface area contributed by atoms with Crippen molar-refractivity contribution in [3.05, 3.63) is 29.8 Å². The summed E-state index contributed by atoms with van der Waals surface area (Å²) < 4.78 is 6.53. The van der Waals surface area contributed by atoms with Crippen molar-refractivity contribution < 1.29 is 14.1 Å². The summed E-state index contributed by atoms with van der Waals surface area (Å²) in [7, 11) is 1.78. The third kappa shape index (κ3) is 4.37. The van der Waals surface area contributed by atoms with Gasteiger partial charge in [0.1, 0.15) is 5.76 Å². The van der Waals surface area contributed by atoms with Crippen LogP contribution in [0.2, 0.25) is 0 Å². The summed E-state index contributed by atoms with van der Waals surface area (Å²) in [5, 5.41) is 13.4. The van der Waals surface area contributed by atoms with Crippen molar-refractivity contribution in [3.63, 3.8) is 0 Å². The molecule has 0 saturated carbocycles. The molecule has 3 heterocycles. The number of likely N-dealkylation sites (tertiary alicyclic amines) is 1. The second-order valence-electron chi connectivity index (χ2n) is 6.30. The monoisotopic (exact) mass is 346 g/mol. The van der Waals surface area contributed by atoms with Gasteiger partial charge in [-0.05, 0) is 25.7 Å². The molecule has 3 rings (SSSR count). The molecule has 1 saturated heterocycles. The molecule has 25 heavy (non-hydrogen) atoms. The Morgan fingerprint density at radius 1 is 1.36 bits per heavy atom. The van der Waals surface area contributed by atoms with Crippen LogP contribution < -0.4 is 10.6 Å². The molecule has 2 N–H and O–H groups in total. The Morgan fingerprint density at radius 3 is 2.72 bits per heavy atom. The molecule has 9 nitrogen and oxygen atoms in total. The van der Waals surface area contributed by atoms with Crippen LogP contribution in [0.1, 0.15) is 29.0 Å². The second kappa shape index (κ2) is 7.37. The largest absolute Gasteiger partial charge is 0.360 e. The number of piperidine rings is 1. The van der Waals surface area contributed by atoms with Crippen molar-refractivity contribution in [2.45, 2.75) is 19.8 Å². The smallest absolute Gasteiger partial charge is 0.323 e. The van der Waals surface area contributed by atoms with E-state index in [0.29, 0.717) is 42.7 Å². The van der Waals surface area contributed by atoms with Crippen LogP contribution in [0.25, 0.3) is 0 Å². The van der Waals surface area contributed by atoms with Gasteiger partial charge in [-0.15, -0.1) is 0 Å². The van der Waals surface area contributed by atoms with Crippen molar-refractivity contribution in [2.75, 3.05) is 25.0 Å². The van der Waals surface area contributed by atoms with Gasteiger partial charge in [-0.25, -0.2) is 4.79 Å². The number of urea groups is 1. The molecular weight excluding hydrogens is 324 g/mol. The number of aryl methyl sites for hydroxylation is 2. The fraction of sp³-hybridized carbons (Fsp3) is 0.500. The summed E-state index contributed by atoms with van der Waals surface area (Å²) in [6.07, 6.45) is 4.93. The average molecular weight is 346 g/mol. The van der Waals surface area contributed by atoms with E-state index in [4.69, 9.17) is 4.52 Å². The van der Waals surface area contributed by atoms with Gasteiger partial charge in [0.15, 0.2) is 5.82 Å². The lowest BCUT2D eigenvalue weighted by atomic mass is 9.97. The summed E-state index contributed by atoms with van der Waals surface area (Å²) in [6, 6.07) is 1.50. The number of nitrogens with one attached hydrogen (secondary N) is 2. The van der Waals surface area contributed by atoms with Crippen molar-refractivity contribution in [3.8, 4) is 0 Å². The lowest BCUT2D eigenvalue weighted by Crippen LogP contribution is -2.43. The Morgan fingerprint density at radius 2 is 2.12 bits per heavy atom. The van der Waals surface area contributed by atoms with Crippen LogP contribution in [0.3, 0.4) is 0 Å². The van der Waals surface area contributed by atoms with Gasteiger partial charge in [-0.3, -0.25) is 14.8 Å². The lowest BCUT2D eigenvalue weighted by molar-refractivity contribution is 0.0938. The topological polar surface area (TPSA) is 105 Å². The fourth-order valence-corrected chi connectivity index (χ4v) is 2.83. The standard InChI is InChI=1S/C16H22N6O3/c1-11-7-14(20-25-11)19-16(24)22-5-3-12(4-6-22)8-17-15(23)13-9-18-21(2)10-13/h7,9-10,12H,3-6,8H2,1-2H3,(H,17,23)(H,19,20,24). The van der Waals surface area contributed by atoms with Gasteiger partial charge < -0.3 is 14.7 Å². The predicted molar refractivity (Wildman–Crippen MR) is 90.1 cm³/mol. The van der Waals surface area contributed by atoms with Crippen molar-refractivity contribution in [2.24, 2.45) is 13.0 Å². The lowest BCUT2D eigenvalue weighted by Gasteiger charge is -2.31. The molecule has 2 aromatic rings. The van der Waals surface area contributed by atoms with E-state index >= 15 is 0 Å². The van der Waals surface area contributed by atoms with Crippen molar-refractivity contribution in [1.29, 1.82) is 0 Å². The van der Waals surface area contributed by atoms with E-state index in [2.05, 4.69) is 20.9 Å².